The molecule has 0 radical (unpaired) electrons. The first-order chi connectivity index (χ1) is 7.26. The summed E-state index contributed by atoms with van der Waals surface area (Å²) in [6.07, 6.45) is 5.52. The van der Waals surface area contributed by atoms with Crippen molar-refractivity contribution in [1.82, 2.24) is 5.32 Å². The van der Waals surface area contributed by atoms with Gasteiger partial charge >= 0.3 is 0 Å². The van der Waals surface area contributed by atoms with Gasteiger partial charge in [-0.15, -0.1) is 0 Å². The number of nitrogens with one attached hydrogen (secondary N) is 1. The van der Waals surface area contributed by atoms with E-state index >= 15 is 0 Å². The first kappa shape index (κ1) is 12.9. The molecule has 1 heterocycles. The molecule has 0 spiro atoms. The fourth-order valence-electron chi connectivity index (χ4n) is 2.36. The molecule has 90 valence electrons. The van der Waals surface area contributed by atoms with Gasteiger partial charge in [0.05, 0.1) is 6.10 Å². The van der Waals surface area contributed by atoms with Gasteiger partial charge in [-0.1, -0.05) is 13.8 Å². The fraction of sp³-hybridized carbons (Fsp3) is 1.00. The van der Waals surface area contributed by atoms with Gasteiger partial charge in [-0.3, -0.25) is 0 Å². The molecule has 0 amide bonds. The first-order valence-electron chi connectivity index (χ1n) is 6.24. The van der Waals surface area contributed by atoms with Crippen molar-refractivity contribution in [3.8, 4) is 0 Å². The Morgan fingerprint density at radius 3 is 2.87 bits per heavy atom. The molecule has 0 aromatic carbocycles. The molecule has 1 saturated heterocycles. The molecular weight excluding hydrogens is 190 g/mol. The number of hydrogen-bond acceptors (Lipinski definition) is 3. The fourth-order valence-corrected chi connectivity index (χ4v) is 2.36. The second kappa shape index (κ2) is 6.46. The third-order valence-electron chi connectivity index (χ3n) is 3.35. The van der Waals surface area contributed by atoms with Crippen molar-refractivity contribution in [2.24, 2.45) is 0 Å². The van der Waals surface area contributed by atoms with Gasteiger partial charge in [0.15, 0.2) is 0 Å². The van der Waals surface area contributed by atoms with Crippen molar-refractivity contribution in [2.75, 3.05) is 19.8 Å². The van der Waals surface area contributed by atoms with E-state index in [-0.39, 0.29) is 12.1 Å². The van der Waals surface area contributed by atoms with E-state index < -0.39 is 0 Å². The smallest absolute Gasteiger partial charge is 0.0590 e. The maximum Gasteiger partial charge on any atom is 0.0590 e. The Kier molecular flexibility index (Phi) is 5.58. The van der Waals surface area contributed by atoms with Crippen LogP contribution in [-0.4, -0.2) is 36.5 Å². The summed E-state index contributed by atoms with van der Waals surface area (Å²) >= 11 is 0. The molecule has 1 aliphatic rings. The van der Waals surface area contributed by atoms with Gasteiger partial charge in [-0.05, 0) is 38.6 Å². The predicted molar refractivity (Wildman–Crippen MR) is 62.0 cm³/mol. The van der Waals surface area contributed by atoms with Crippen LogP contribution in [-0.2, 0) is 4.74 Å². The standard InChI is InChI=1S/C12H25NO2/c1-3-7-13-12(5-8-14)6-9-15-11(4-2)10-12/h11,13-14H,3-10H2,1-2H3. The van der Waals surface area contributed by atoms with E-state index in [1.807, 2.05) is 0 Å². The lowest BCUT2D eigenvalue weighted by Gasteiger charge is -2.41. The van der Waals surface area contributed by atoms with Crippen LogP contribution in [0.4, 0.5) is 0 Å². The Balaban J connectivity index is 2.53. The van der Waals surface area contributed by atoms with Gasteiger partial charge in [0.1, 0.15) is 0 Å². The summed E-state index contributed by atoms with van der Waals surface area (Å²) in [6, 6.07) is 0. The van der Waals surface area contributed by atoms with E-state index in [2.05, 4.69) is 19.2 Å². The van der Waals surface area contributed by atoms with Gasteiger partial charge in [0.25, 0.3) is 0 Å². The molecule has 15 heavy (non-hydrogen) atoms. The predicted octanol–water partition coefficient (Wildman–Crippen LogP) is 1.70. The third kappa shape index (κ3) is 3.74. The van der Waals surface area contributed by atoms with Crippen LogP contribution in [0.5, 0.6) is 0 Å². The van der Waals surface area contributed by atoms with E-state index in [9.17, 15) is 0 Å². The maximum absolute atomic E-state index is 9.16. The molecular formula is C12H25NO2. The van der Waals surface area contributed by atoms with Crippen LogP contribution in [0.2, 0.25) is 0 Å². The van der Waals surface area contributed by atoms with E-state index in [0.717, 1.165) is 45.3 Å². The topological polar surface area (TPSA) is 41.5 Å². The molecule has 1 rings (SSSR count). The van der Waals surface area contributed by atoms with E-state index in [1.165, 1.54) is 0 Å². The van der Waals surface area contributed by atoms with Crippen LogP contribution < -0.4 is 5.32 Å². The Bertz CT molecular complexity index is 171. The van der Waals surface area contributed by atoms with Gasteiger partial charge < -0.3 is 15.2 Å². The monoisotopic (exact) mass is 215 g/mol. The molecule has 0 aliphatic carbocycles. The normalized spacial score (nSPS) is 31.8. The lowest BCUT2D eigenvalue weighted by Crippen LogP contribution is -2.52. The number of ether oxygens (including phenoxy) is 1. The summed E-state index contributed by atoms with van der Waals surface area (Å²) in [4.78, 5) is 0. The van der Waals surface area contributed by atoms with Crippen LogP contribution in [0.25, 0.3) is 0 Å². The van der Waals surface area contributed by atoms with Crippen molar-refractivity contribution in [3.63, 3.8) is 0 Å². The average Bonchev–Trinajstić information content (AvgIpc) is 2.27. The van der Waals surface area contributed by atoms with Gasteiger partial charge in [0, 0.05) is 18.8 Å². The largest absolute Gasteiger partial charge is 0.396 e. The van der Waals surface area contributed by atoms with Crippen molar-refractivity contribution in [1.29, 1.82) is 0 Å². The van der Waals surface area contributed by atoms with Crippen molar-refractivity contribution in [2.45, 2.75) is 57.6 Å². The number of aliphatic hydroxyl groups is 1. The van der Waals surface area contributed by atoms with Crippen LogP contribution in [0.1, 0.15) is 46.0 Å². The van der Waals surface area contributed by atoms with Crippen LogP contribution in [0.3, 0.4) is 0 Å². The SMILES string of the molecule is CCCNC1(CCO)CCOC(CC)C1. The number of hydrogen-bond donors (Lipinski definition) is 2. The minimum Gasteiger partial charge on any atom is -0.396 e. The molecule has 0 bridgehead atoms. The highest BCUT2D eigenvalue weighted by Crippen LogP contribution is 2.29. The van der Waals surface area contributed by atoms with Crippen LogP contribution in [0, 0.1) is 0 Å². The molecule has 0 saturated carbocycles. The van der Waals surface area contributed by atoms with Gasteiger partial charge in [-0.2, -0.15) is 0 Å². The van der Waals surface area contributed by atoms with Crippen LogP contribution >= 0.6 is 0 Å². The Morgan fingerprint density at radius 2 is 2.27 bits per heavy atom. The molecule has 2 unspecified atom stereocenters. The zero-order valence-corrected chi connectivity index (χ0v) is 10.1. The quantitative estimate of drug-likeness (QED) is 0.708. The maximum atomic E-state index is 9.16. The lowest BCUT2D eigenvalue weighted by atomic mass is 9.83. The first-order valence-corrected chi connectivity index (χ1v) is 6.24. The van der Waals surface area contributed by atoms with E-state index in [0.29, 0.717) is 6.10 Å². The van der Waals surface area contributed by atoms with E-state index in [1.54, 1.807) is 0 Å². The molecule has 1 aliphatic heterocycles. The lowest BCUT2D eigenvalue weighted by molar-refractivity contribution is -0.0363. The molecule has 3 nitrogen and oxygen atoms in total. The van der Waals surface area contributed by atoms with E-state index in [4.69, 9.17) is 9.84 Å². The summed E-state index contributed by atoms with van der Waals surface area (Å²) in [5.41, 5.74) is 0.129. The number of aliphatic hydroxyl groups excluding tert-OH is 1. The Morgan fingerprint density at radius 1 is 1.47 bits per heavy atom. The van der Waals surface area contributed by atoms with Crippen molar-refractivity contribution >= 4 is 0 Å². The summed E-state index contributed by atoms with van der Waals surface area (Å²) in [6.45, 7) is 6.48. The van der Waals surface area contributed by atoms with Gasteiger partial charge in [-0.25, -0.2) is 0 Å². The van der Waals surface area contributed by atoms with Crippen molar-refractivity contribution < 1.29 is 9.84 Å². The second-order valence-electron chi connectivity index (χ2n) is 4.54. The summed E-state index contributed by atoms with van der Waals surface area (Å²) in [5.74, 6) is 0. The zero-order chi connectivity index (χ0) is 11.1. The zero-order valence-electron chi connectivity index (χ0n) is 10.1. The van der Waals surface area contributed by atoms with Crippen molar-refractivity contribution in [3.05, 3.63) is 0 Å². The summed E-state index contributed by atoms with van der Waals surface area (Å²) in [5, 5.41) is 12.8. The third-order valence-corrected chi connectivity index (χ3v) is 3.35. The highest BCUT2D eigenvalue weighted by molar-refractivity contribution is 4.92. The van der Waals surface area contributed by atoms with Crippen LogP contribution in [0.15, 0.2) is 0 Å². The second-order valence-corrected chi connectivity index (χ2v) is 4.54. The molecule has 0 aromatic heterocycles. The molecule has 0 aromatic rings. The molecule has 3 heteroatoms. The summed E-state index contributed by atoms with van der Waals surface area (Å²) < 4.78 is 5.69. The minimum atomic E-state index is 0.129. The Hall–Kier alpha value is -0.120. The van der Waals surface area contributed by atoms with Gasteiger partial charge in [0.2, 0.25) is 0 Å². The highest BCUT2D eigenvalue weighted by Gasteiger charge is 2.35. The number of rotatable bonds is 6. The minimum absolute atomic E-state index is 0.129. The molecule has 2 atom stereocenters. The summed E-state index contributed by atoms with van der Waals surface area (Å²) in [7, 11) is 0. The average molecular weight is 215 g/mol. The Labute approximate surface area is 93.2 Å². The highest BCUT2D eigenvalue weighted by atomic mass is 16.5. The molecule has 2 N–H and O–H groups in total. The molecule has 1 fully saturated rings.